The number of benzene rings is 1. The molecule has 0 saturated carbocycles. The summed E-state index contributed by atoms with van der Waals surface area (Å²) < 4.78 is 10.6. The van der Waals surface area contributed by atoms with Crippen LogP contribution in [0.2, 0.25) is 0 Å². The molecule has 1 aromatic carbocycles. The van der Waals surface area contributed by atoms with Crippen LogP contribution < -0.4 is 14.8 Å². The second-order valence-electron chi connectivity index (χ2n) is 4.58. The van der Waals surface area contributed by atoms with Gasteiger partial charge in [0.25, 0.3) is 0 Å². The van der Waals surface area contributed by atoms with Crippen molar-refractivity contribution in [2.24, 2.45) is 0 Å². The number of rotatable bonds is 4. The van der Waals surface area contributed by atoms with Crippen LogP contribution in [0.15, 0.2) is 18.2 Å². The van der Waals surface area contributed by atoms with Gasteiger partial charge in [-0.3, -0.25) is 0 Å². The second kappa shape index (κ2) is 6.07. The Labute approximate surface area is 108 Å². The number of para-hydroxylation sites is 1. The number of aliphatic hydroxyl groups excluding tert-OH is 1. The maximum absolute atomic E-state index is 10.5. The molecule has 1 fully saturated rings. The Morgan fingerprint density at radius 1 is 1.28 bits per heavy atom. The molecule has 4 nitrogen and oxygen atoms in total. The van der Waals surface area contributed by atoms with Crippen LogP contribution in [0.25, 0.3) is 0 Å². The lowest BCUT2D eigenvalue weighted by atomic mass is 9.94. The molecule has 1 heterocycles. The van der Waals surface area contributed by atoms with Gasteiger partial charge >= 0.3 is 0 Å². The van der Waals surface area contributed by atoms with Gasteiger partial charge in [0.05, 0.1) is 20.3 Å². The average Bonchev–Trinajstić information content (AvgIpc) is 2.46. The number of ether oxygens (including phenoxy) is 2. The van der Waals surface area contributed by atoms with E-state index in [1.54, 1.807) is 14.2 Å². The van der Waals surface area contributed by atoms with Crippen molar-refractivity contribution in [3.63, 3.8) is 0 Å². The molecule has 0 aliphatic carbocycles. The molecule has 2 N–H and O–H groups in total. The van der Waals surface area contributed by atoms with Crippen LogP contribution >= 0.6 is 0 Å². The van der Waals surface area contributed by atoms with E-state index in [4.69, 9.17) is 9.47 Å². The molecule has 1 saturated heterocycles. The first-order chi connectivity index (χ1) is 8.77. The van der Waals surface area contributed by atoms with Gasteiger partial charge in [-0.15, -0.1) is 0 Å². The predicted molar refractivity (Wildman–Crippen MR) is 70.1 cm³/mol. The predicted octanol–water partition coefficient (Wildman–Crippen LogP) is 1.88. The van der Waals surface area contributed by atoms with Crippen molar-refractivity contribution in [2.75, 3.05) is 20.8 Å². The van der Waals surface area contributed by atoms with Gasteiger partial charge in [0, 0.05) is 11.6 Å². The third-order valence-corrected chi connectivity index (χ3v) is 3.48. The minimum atomic E-state index is -0.560. The summed E-state index contributed by atoms with van der Waals surface area (Å²) >= 11 is 0. The fourth-order valence-electron chi connectivity index (χ4n) is 2.51. The second-order valence-corrected chi connectivity index (χ2v) is 4.58. The molecule has 0 aromatic heterocycles. The summed E-state index contributed by atoms with van der Waals surface area (Å²) in [5, 5.41) is 13.8. The van der Waals surface area contributed by atoms with E-state index in [-0.39, 0.29) is 6.04 Å². The van der Waals surface area contributed by atoms with Gasteiger partial charge in [-0.1, -0.05) is 18.6 Å². The number of piperidine rings is 1. The van der Waals surface area contributed by atoms with Crippen LogP contribution in [0.4, 0.5) is 0 Å². The topological polar surface area (TPSA) is 50.7 Å². The van der Waals surface area contributed by atoms with E-state index in [1.807, 2.05) is 18.2 Å². The molecule has 100 valence electrons. The molecule has 2 atom stereocenters. The summed E-state index contributed by atoms with van der Waals surface area (Å²) in [5.41, 5.74) is 0.788. The third-order valence-electron chi connectivity index (χ3n) is 3.48. The molecule has 2 rings (SSSR count). The molecule has 1 aliphatic rings. The summed E-state index contributed by atoms with van der Waals surface area (Å²) in [5.74, 6) is 1.28. The highest BCUT2D eigenvalue weighted by atomic mass is 16.5. The van der Waals surface area contributed by atoms with E-state index in [2.05, 4.69) is 5.32 Å². The number of nitrogens with one attached hydrogen (secondary N) is 1. The lowest BCUT2D eigenvalue weighted by Crippen LogP contribution is -2.38. The summed E-state index contributed by atoms with van der Waals surface area (Å²) in [4.78, 5) is 0. The van der Waals surface area contributed by atoms with Crippen LogP contribution in [0.5, 0.6) is 11.5 Å². The highest BCUT2D eigenvalue weighted by molar-refractivity contribution is 5.48. The van der Waals surface area contributed by atoms with E-state index in [0.29, 0.717) is 11.5 Å². The summed E-state index contributed by atoms with van der Waals surface area (Å²) in [6.07, 6.45) is 2.76. The number of methoxy groups -OCH3 is 2. The highest BCUT2D eigenvalue weighted by Gasteiger charge is 2.26. The third kappa shape index (κ3) is 2.60. The standard InChI is InChI=1S/C14H21NO3/c1-17-12-8-5-6-10(14(12)18-2)13(16)11-7-3-4-9-15-11/h5-6,8,11,13,15-16H,3-4,7,9H2,1-2H3. The lowest BCUT2D eigenvalue weighted by molar-refractivity contribution is 0.110. The van der Waals surface area contributed by atoms with Gasteiger partial charge in [0.15, 0.2) is 11.5 Å². The minimum Gasteiger partial charge on any atom is -0.493 e. The molecular formula is C14H21NO3. The summed E-state index contributed by atoms with van der Waals surface area (Å²) in [6, 6.07) is 5.70. The monoisotopic (exact) mass is 251 g/mol. The first-order valence-corrected chi connectivity index (χ1v) is 6.40. The molecule has 0 amide bonds. The van der Waals surface area contributed by atoms with Gasteiger partial charge in [-0.25, -0.2) is 0 Å². The minimum absolute atomic E-state index is 0.0970. The van der Waals surface area contributed by atoms with Crippen LogP contribution in [-0.2, 0) is 0 Å². The van der Waals surface area contributed by atoms with Crippen molar-refractivity contribution >= 4 is 0 Å². The Bertz CT molecular complexity index is 389. The first kappa shape index (κ1) is 13.2. The number of aliphatic hydroxyl groups is 1. The lowest BCUT2D eigenvalue weighted by Gasteiger charge is -2.29. The zero-order chi connectivity index (χ0) is 13.0. The van der Waals surface area contributed by atoms with Crippen LogP contribution in [0, 0.1) is 0 Å². The Morgan fingerprint density at radius 3 is 2.72 bits per heavy atom. The molecule has 0 radical (unpaired) electrons. The van der Waals surface area contributed by atoms with Crippen molar-refractivity contribution in [3.8, 4) is 11.5 Å². The SMILES string of the molecule is COc1cccc(C(O)C2CCCCN2)c1OC. The van der Waals surface area contributed by atoms with Crippen molar-refractivity contribution in [1.82, 2.24) is 5.32 Å². The zero-order valence-electron chi connectivity index (χ0n) is 11.0. The van der Waals surface area contributed by atoms with Crippen molar-refractivity contribution in [3.05, 3.63) is 23.8 Å². The maximum Gasteiger partial charge on any atom is 0.166 e. The molecule has 2 unspecified atom stereocenters. The molecule has 0 bridgehead atoms. The van der Waals surface area contributed by atoms with E-state index in [0.717, 1.165) is 24.9 Å². The van der Waals surface area contributed by atoms with Gasteiger partial charge < -0.3 is 19.9 Å². The fraction of sp³-hybridized carbons (Fsp3) is 0.571. The Kier molecular flexibility index (Phi) is 4.44. The van der Waals surface area contributed by atoms with Crippen LogP contribution in [0.1, 0.15) is 30.9 Å². The molecule has 0 spiro atoms. The van der Waals surface area contributed by atoms with E-state index < -0.39 is 6.10 Å². The van der Waals surface area contributed by atoms with Crippen molar-refractivity contribution < 1.29 is 14.6 Å². The zero-order valence-corrected chi connectivity index (χ0v) is 11.0. The van der Waals surface area contributed by atoms with Crippen molar-refractivity contribution in [2.45, 2.75) is 31.4 Å². The number of hydrogen-bond acceptors (Lipinski definition) is 4. The Balaban J connectivity index is 2.25. The van der Waals surface area contributed by atoms with Gasteiger partial charge in [-0.05, 0) is 25.5 Å². The normalized spacial score (nSPS) is 21.4. The quantitative estimate of drug-likeness (QED) is 0.858. The van der Waals surface area contributed by atoms with E-state index >= 15 is 0 Å². The van der Waals surface area contributed by atoms with Gasteiger partial charge in [-0.2, -0.15) is 0 Å². The summed E-state index contributed by atoms with van der Waals surface area (Å²) in [6.45, 7) is 0.966. The number of hydrogen-bond donors (Lipinski definition) is 2. The molecule has 1 aromatic rings. The average molecular weight is 251 g/mol. The van der Waals surface area contributed by atoms with E-state index in [9.17, 15) is 5.11 Å². The molecule has 1 aliphatic heterocycles. The van der Waals surface area contributed by atoms with Crippen LogP contribution in [0.3, 0.4) is 0 Å². The largest absolute Gasteiger partial charge is 0.493 e. The summed E-state index contributed by atoms with van der Waals surface area (Å²) in [7, 11) is 3.20. The molecule has 4 heteroatoms. The van der Waals surface area contributed by atoms with Gasteiger partial charge in [0.1, 0.15) is 0 Å². The molecular weight excluding hydrogens is 230 g/mol. The Hall–Kier alpha value is -1.26. The van der Waals surface area contributed by atoms with Gasteiger partial charge in [0.2, 0.25) is 0 Å². The van der Waals surface area contributed by atoms with Crippen LogP contribution in [-0.4, -0.2) is 31.9 Å². The maximum atomic E-state index is 10.5. The van der Waals surface area contributed by atoms with E-state index in [1.165, 1.54) is 6.42 Å². The fourth-order valence-corrected chi connectivity index (χ4v) is 2.51. The van der Waals surface area contributed by atoms with Crippen molar-refractivity contribution in [1.29, 1.82) is 0 Å². The Morgan fingerprint density at radius 2 is 2.11 bits per heavy atom. The highest BCUT2D eigenvalue weighted by Crippen LogP contribution is 2.36. The smallest absolute Gasteiger partial charge is 0.166 e. The first-order valence-electron chi connectivity index (χ1n) is 6.40. The molecule has 18 heavy (non-hydrogen) atoms.